The molecule has 0 radical (unpaired) electrons. The minimum absolute atomic E-state index is 0.657. The lowest BCUT2D eigenvalue weighted by molar-refractivity contribution is 0.191. The monoisotopic (exact) mass is 261 g/mol. The summed E-state index contributed by atoms with van der Waals surface area (Å²) in [7, 11) is 0. The Hall–Kier alpha value is -0.830. The summed E-state index contributed by atoms with van der Waals surface area (Å²) < 4.78 is 2.41. The van der Waals surface area contributed by atoms with E-state index < -0.39 is 0 Å². The Balaban J connectivity index is 1.61. The molecule has 1 aromatic heterocycles. The van der Waals surface area contributed by atoms with Crippen LogP contribution in [0, 0.1) is 5.92 Å². The number of hydrogen-bond donors (Lipinski definition) is 0. The predicted molar refractivity (Wildman–Crippen MR) is 78.4 cm³/mol. The molecule has 3 heteroatoms. The van der Waals surface area contributed by atoms with Crippen molar-refractivity contribution in [3.63, 3.8) is 0 Å². The van der Waals surface area contributed by atoms with Crippen LogP contribution < -0.4 is 0 Å². The summed E-state index contributed by atoms with van der Waals surface area (Å²) in [6.45, 7) is 9.55. The molecule has 2 aliphatic rings. The van der Waals surface area contributed by atoms with Crippen molar-refractivity contribution >= 4 is 0 Å². The molecule has 3 rings (SSSR count). The standard InChI is InChI=1S/C16H27N3/c1-3-18-9-6-14(7-10-18)11-15-12-19-8-4-5-13(2)16(19)17-15/h12-14H,3-11H2,1-2H3. The first-order valence-electron chi connectivity index (χ1n) is 8.04. The number of fused-ring (bicyclic) bond motifs is 1. The third-order valence-electron chi connectivity index (χ3n) is 4.99. The smallest absolute Gasteiger partial charge is 0.111 e. The molecule has 0 saturated carbocycles. The van der Waals surface area contributed by atoms with Gasteiger partial charge in [0.05, 0.1) is 5.69 Å². The number of aryl methyl sites for hydroxylation is 1. The molecule has 0 bridgehead atoms. The minimum Gasteiger partial charge on any atom is -0.334 e. The number of likely N-dealkylation sites (tertiary alicyclic amines) is 1. The fourth-order valence-corrected chi connectivity index (χ4v) is 3.66. The Morgan fingerprint density at radius 2 is 2.00 bits per heavy atom. The average molecular weight is 261 g/mol. The van der Waals surface area contributed by atoms with Gasteiger partial charge in [0.15, 0.2) is 0 Å². The van der Waals surface area contributed by atoms with Gasteiger partial charge in [0.25, 0.3) is 0 Å². The van der Waals surface area contributed by atoms with E-state index in [9.17, 15) is 0 Å². The van der Waals surface area contributed by atoms with Crippen LogP contribution in [-0.2, 0) is 13.0 Å². The van der Waals surface area contributed by atoms with Gasteiger partial charge in [-0.25, -0.2) is 4.98 Å². The van der Waals surface area contributed by atoms with Crippen LogP contribution in [0.1, 0.15) is 57.0 Å². The van der Waals surface area contributed by atoms with Gasteiger partial charge in [-0.1, -0.05) is 13.8 Å². The first kappa shape index (κ1) is 13.2. The van der Waals surface area contributed by atoms with E-state index in [0.29, 0.717) is 5.92 Å². The van der Waals surface area contributed by atoms with Crippen molar-refractivity contribution in [1.82, 2.24) is 14.5 Å². The Bertz CT molecular complexity index is 416. The maximum Gasteiger partial charge on any atom is 0.111 e. The molecule has 19 heavy (non-hydrogen) atoms. The van der Waals surface area contributed by atoms with Crippen LogP contribution in [0.4, 0.5) is 0 Å². The predicted octanol–water partition coefficient (Wildman–Crippen LogP) is 3.05. The highest BCUT2D eigenvalue weighted by Crippen LogP contribution is 2.28. The van der Waals surface area contributed by atoms with Crippen LogP contribution in [-0.4, -0.2) is 34.1 Å². The summed E-state index contributed by atoms with van der Waals surface area (Å²) in [5.74, 6) is 2.85. The molecule has 1 unspecified atom stereocenters. The molecule has 106 valence electrons. The number of hydrogen-bond acceptors (Lipinski definition) is 2. The number of aromatic nitrogens is 2. The van der Waals surface area contributed by atoms with Crippen LogP contribution in [0.25, 0.3) is 0 Å². The van der Waals surface area contributed by atoms with Gasteiger partial charge < -0.3 is 9.47 Å². The van der Waals surface area contributed by atoms with Gasteiger partial charge in [-0.05, 0) is 57.7 Å². The Labute approximate surface area is 117 Å². The van der Waals surface area contributed by atoms with Crippen LogP contribution in [0.3, 0.4) is 0 Å². The van der Waals surface area contributed by atoms with Gasteiger partial charge in [0, 0.05) is 18.7 Å². The van der Waals surface area contributed by atoms with Gasteiger partial charge in [-0.15, -0.1) is 0 Å². The van der Waals surface area contributed by atoms with Crippen molar-refractivity contribution in [3.05, 3.63) is 17.7 Å². The zero-order valence-electron chi connectivity index (χ0n) is 12.4. The first-order valence-corrected chi connectivity index (χ1v) is 8.04. The largest absolute Gasteiger partial charge is 0.334 e. The van der Waals surface area contributed by atoms with Crippen LogP contribution in [0.2, 0.25) is 0 Å². The minimum atomic E-state index is 0.657. The van der Waals surface area contributed by atoms with Crippen molar-refractivity contribution in [2.45, 2.75) is 58.4 Å². The number of nitrogens with zero attached hydrogens (tertiary/aromatic N) is 3. The number of rotatable bonds is 3. The SMILES string of the molecule is CCN1CCC(Cc2cn3c(n2)C(C)CCC3)CC1. The van der Waals surface area contributed by atoms with Gasteiger partial charge in [-0.2, -0.15) is 0 Å². The molecule has 0 amide bonds. The zero-order valence-corrected chi connectivity index (χ0v) is 12.4. The molecule has 1 atom stereocenters. The van der Waals surface area contributed by atoms with E-state index in [1.807, 2.05) is 0 Å². The number of piperidine rings is 1. The maximum absolute atomic E-state index is 4.91. The van der Waals surface area contributed by atoms with Gasteiger partial charge in [0.1, 0.15) is 5.82 Å². The molecular formula is C16H27N3. The quantitative estimate of drug-likeness (QED) is 0.834. The van der Waals surface area contributed by atoms with E-state index in [1.54, 1.807) is 0 Å². The molecule has 1 fully saturated rings. The summed E-state index contributed by atoms with van der Waals surface area (Å²) in [5, 5.41) is 0. The van der Waals surface area contributed by atoms with Crippen LogP contribution in [0.15, 0.2) is 6.20 Å². The molecule has 1 saturated heterocycles. The zero-order chi connectivity index (χ0) is 13.2. The lowest BCUT2D eigenvalue weighted by Gasteiger charge is -2.30. The Morgan fingerprint density at radius 1 is 1.21 bits per heavy atom. The van der Waals surface area contributed by atoms with E-state index >= 15 is 0 Å². The van der Waals surface area contributed by atoms with Crippen molar-refractivity contribution in [2.24, 2.45) is 5.92 Å². The summed E-state index contributed by atoms with van der Waals surface area (Å²) in [4.78, 5) is 7.48. The highest BCUT2D eigenvalue weighted by atomic mass is 15.1. The lowest BCUT2D eigenvalue weighted by atomic mass is 9.92. The lowest BCUT2D eigenvalue weighted by Crippen LogP contribution is -2.34. The summed E-state index contributed by atoms with van der Waals surface area (Å²) in [5.41, 5.74) is 1.35. The average Bonchev–Trinajstić information content (AvgIpc) is 2.84. The van der Waals surface area contributed by atoms with Crippen molar-refractivity contribution < 1.29 is 0 Å². The molecule has 0 aromatic carbocycles. The summed E-state index contributed by atoms with van der Waals surface area (Å²) >= 11 is 0. The fraction of sp³-hybridized carbons (Fsp3) is 0.812. The second kappa shape index (κ2) is 5.66. The van der Waals surface area contributed by atoms with Crippen LogP contribution >= 0.6 is 0 Å². The summed E-state index contributed by atoms with van der Waals surface area (Å²) in [6, 6.07) is 0. The molecule has 3 nitrogen and oxygen atoms in total. The van der Waals surface area contributed by atoms with Crippen molar-refractivity contribution in [1.29, 1.82) is 0 Å². The summed E-state index contributed by atoms with van der Waals surface area (Å²) in [6.07, 6.45) is 8.86. The second-order valence-electron chi connectivity index (χ2n) is 6.41. The highest BCUT2D eigenvalue weighted by Gasteiger charge is 2.22. The molecule has 0 spiro atoms. The third kappa shape index (κ3) is 2.86. The molecule has 0 aliphatic carbocycles. The Kier molecular flexibility index (Phi) is 3.92. The number of imidazole rings is 1. The molecule has 1 aromatic rings. The molecule has 3 heterocycles. The van der Waals surface area contributed by atoms with E-state index in [-0.39, 0.29) is 0 Å². The van der Waals surface area contributed by atoms with Crippen molar-refractivity contribution in [2.75, 3.05) is 19.6 Å². The van der Waals surface area contributed by atoms with Gasteiger partial charge in [0.2, 0.25) is 0 Å². The van der Waals surface area contributed by atoms with Crippen molar-refractivity contribution in [3.8, 4) is 0 Å². The van der Waals surface area contributed by atoms with E-state index in [4.69, 9.17) is 4.98 Å². The third-order valence-corrected chi connectivity index (χ3v) is 4.99. The second-order valence-corrected chi connectivity index (χ2v) is 6.41. The molecular weight excluding hydrogens is 234 g/mol. The van der Waals surface area contributed by atoms with E-state index in [2.05, 4.69) is 29.5 Å². The molecule has 2 aliphatic heterocycles. The maximum atomic E-state index is 4.91. The molecule has 0 N–H and O–H groups in total. The fourth-order valence-electron chi connectivity index (χ4n) is 3.66. The van der Waals surface area contributed by atoms with Crippen LogP contribution in [0.5, 0.6) is 0 Å². The van der Waals surface area contributed by atoms with Gasteiger partial charge in [-0.3, -0.25) is 0 Å². The van der Waals surface area contributed by atoms with E-state index in [0.717, 1.165) is 5.92 Å². The Morgan fingerprint density at radius 3 is 2.68 bits per heavy atom. The normalized spacial score (nSPS) is 25.5. The van der Waals surface area contributed by atoms with Gasteiger partial charge >= 0.3 is 0 Å². The highest BCUT2D eigenvalue weighted by molar-refractivity contribution is 5.10. The first-order chi connectivity index (χ1) is 9.26. The van der Waals surface area contributed by atoms with E-state index in [1.165, 1.54) is 69.8 Å². The topological polar surface area (TPSA) is 21.1 Å².